The summed E-state index contributed by atoms with van der Waals surface area (Å²) in [5.41, 5.74) is 1.12. The number of carbonyl (C=O) groups excluding carboxylic acids is 2. The van der Waals surface area contributed by atoms with Gasteiger partial charge in [0.2, 0.25) is 5.91 Å². The molecular formula is C21H27NO4. The molecular weight excluding hydrogens is 330 g/mol. The number of esters is 1. The Balaban J connectivity index is 1.71. The quantitative estimate of drug-likeness (QED) is 0.648. The van der Waals surface area contributed by atoms with Gasteiger partial charge in [0.1, 0.15) is 5.75 Å². The second-order valence-corrected chi connectivity index (χ2v) is 7.26. The lowest BCUT2D eigenvalue weighted by atomic mass is 9.82. The van der Waals surface area contributed by atoms with Gasteiger partial charge in [-0.3, -0.25) is 4.79 Å². The molecule has 5 nitrogen and oxygen atoms in total. The minimum Gasteiger partial charge on any atom is -0.508 e. The summed E-state index contributed by atoms with van der Waals surface area (Å²) in [6.45, 7) is 3.66. The average molecular weight is 357 g/mol. The van der Waals surface area contributed by atoms with E-state index in [4.69, 9.17) is 4.74 Å². The highest BCUT2D eigenvalue weighted by molar-refractivity contribution is 5.99. The van der Waals surface area contributed by atoms with Gasteiger partial charge in [0.15, 0.2) is 0 Å². The summed E-state index contributed by atoms with van der Waals surface area (Å²) >= 11 is 0. The predicted octanol–water partition coefficient (Wildman–Crippen LogP) is 3.38. The molecule has 2 fully saturated rings. The molecule has 0 bridgehead atoms. The normalized spacial score (nSPS) is 22.8. The number of phenolic OH excluding ortho intramolecular Hbond substituents is 1. The Morgan fingerprint density at radius 1 is 1.15 bits per heavy atom. The summed E-state index contributed by atoms with van der Waals surface area (Å²) in [7, 11) is 0. The number of ether oxygens (including phenoxy) is 1. The number of carbonyl (C=O) groups is 2. The van der Waals surface area contributed by atoms with Crippen molar-refractivity contribution in [3.8, 4) is 5.75 Å². The standard InChI is InChI=1S/C21H27NO4/c1-2-26-21(25)18(11-15-7-9-19(23)10-8-15)12-20(24)22-13-16-5-3-4-6-17(16)14-22/h7-11,16-17,23H,2-6,12-14H2,1H3/t16-,17+. The number of phenols is 1. The largest absolute Gasteiger partial charge is 0.508 e. The number of hydrogen-bond acceptors (Lipinski definition) is 4. The fourth-order valence-electron chi connectivity index (χ4n) is 4.06. The lowest BCUT2D eigenvalue weighted by Crippen LogP contribution is -2.30. The SMILES string of the molecule is CCOC(=O)C(=Cc1ccc(O)cc1)CC(=O)N1C[C@H]2CCCC[C@H]2C1. The van der Waals surface area contributed by atoms with Gasteiger partial charge < -0.3 is 14.7 Å². The number of hydrogen-bond donors (Lipinski definition) is 1. The van der Waals surface area contributed by atoms with Crippen LogP contribution in [0.2, 0.25) is 0 Å². The van der Waals surface area contributed by atoms with E-state index < -0.39 is 5.97 Å². The number of amides is 1. The van der Waals surface area contributed by atoms with Crippen molar-refractivity contribution < 1.29 is 19.4 Å². The first-order chi connectivity index (χ1) is 12.6. The molecule has 1 N–H and O–H groups in total. The summed E-state index contributed by atoms with van der Waals surface area (Å²) in [6, 6.07) is 6.54. The van der Waals surface area contributed by atoms with Crippen molar-refractivity contribution in [3.63, 3.8) is 0 Å². The van der Waals surface area contributed by atoms with E-state index in [0.29, 0.717) is 17.4 Å². The van der Waals surface area contributed by atoms with E-state index in [1.54, 1.807) is 37.3 Å². The van der Waals surface area contributed by atoms with Crippen LogP contribution < -0.4 is 0 Å². The Morgan fingerprint density at radius 3 is 2.35 bits per heavy atom. The van der Waals surface area contributed by atoms with Crippen LogP contribution >= 0.6 is 0 Å². The van der Waals surface area contributed by atoms with E-state index in [2.05, 4.69) is 0 Å². The van der Waals surface area contributed by atoms with Gasteiger partial charge in [0.05, 0.1) is 13.0 Å². The fraction of sp³-hybridized carbons (Fsp3) is 0.524. The third-order valence-electron chi connectivity index (χ3n) is 5.44. The first-order valence-corrected chi connectivity index (χ1v) is 9.51. The Morgan fingerprint density at radius 2 is 1.77 bits per heavy atom. The van der Waals surface area contributed by atoms with Crippen molar-refractivity contribution in [3.05, 3.63) is 35.4 Å². The van der Waals surface area contributed by atoms with Gasteiger partial charge in [-0.05, 0) is 55.4 Å². The summed E-state index contributed by atoms with van der Waals surface area (Å²) in [5.74, 6) is 0.957. The summed E-state index contributed by atoms with van der Waals surface area (Å²) < 4.78 is 5.13. The van der Waals surface area contributed by atoms with E-state index in [-0.39, 0.29) is 24.7 Å². The van der Waals surface area contributed by atoms with Crippen LogP contribution in [-0.4, -0.2) is 41.6 Å². The molecule has 1 saturated heterocycles. The number of fused-ring (bicyclic) bond motifs is 1. The van der Waals surface area contributed by atoms with Crippen LogP contribution in [0.3, 0.4) is 0 Å². The topological polar surface area (TPSA) is 66.8 Å². The van der Waals surface area contributed by atoms with Crippen LogP contribution in [0.25, 0.3) is 6.08 Å². The lowest BCUT2D eigenvalue weighted by molar-refractivity contribution is -0.140. The number of likely N-dealkylation sites (tertiary alicyclic amines) is 1. The monoisotopic (exact) mass is 357 g/mol. The summed E-state index contributed by atoms with van der Waals surface area (Å²) in [6.07, 6.45) is 6.68. The van der Waals surface area contributed by atoms with Crippen LogP contribution in [-0.2, 0) is 14.3 Å². The molecule has 1 heterocycles. The zero-order valence-corrected chi connectivity index (χ0v) is 15.3. The Labute approximate surface area is 154 Å². The Hall–Kier alpha value is -2.30. The molecule has 3 rings (SSSR count). The molecule has 1 aliphatic carbocycles. The maximum atomic E-state index is 12.8. The fourth-order valence-corrected chi connectivity index (χ4v) is 4.06. The van der Waals surface area contributed by atoms with Crippen molar-refractivity contribution >= 4 is 18.0 Å². The number of rotatable bonds is 5. The van der Waals surface area contributed by atoms with Gasteiger partial charge in [-0.1, -0.05) is 25.0 Å². The Kier molecular flexibility index (Phi) is 5.96. The molecule has 1 aromatic carbocycles. The zero-order chi connectivity index (χ0) is 18.5. The van der Waals surface area contributed by atoms with Crippen molar-refractivity contribution in [1.29, 1.82) is 0 Å². The molecule has 5 heteroatoms. The molecule has 0 radical (unpaired) electrons. The summed E-state index contributed by atoms with van der Waals surface area (Å²) in [4.78, 5) is 27.0. The minimum atomic E-state index is -0.453. The molecule has 1 amide bonds. The van der Waals surface area contributed by atoms with Gasteiger partial charge in [0, 0.05) is 18.7 Å². The number of aromatic hydroxyl groups is 1. The first kappa shape index (κ1) is 18.5. The van der Waals surface area contributed by atoms with E-state index in [0.717, 1.165) is 18.7 Å². The van der Waals surface area contributed by atoms with Crippen molar-refractivity contribution in [2.24, 2.45) is 11.8 Å². The highest BCUT2D eigenvalue weighted by Gasteiger charge is 2.36. The second-order valence-electron chi connectivity index (χ2n) is 7.26. The van der Waals surface area contributed by atoms with Gasteiger partial charge in [-0.15, -0.1) is 0 Å². The molecule has 0 aromatic heterocycles. The highest BCUT2D eigenvalue weighted by Crippen LogP contribution is 2.36. The van der Waals surface area contributed by atoms with E-state index in [1.807, 2.05) is 4.90 Å². The molecule has 2 atom stereocenters. The van der Waals surface area contributed by atoms with Crippen molar-refractivity contribution in [2.45, 2.75) is 39.0 Å². The van der Waals surface area contributed by atoms with Crippen LogP contribution in [0.1, 0.15) is 44.6 Å². The van der Waals surface area contributed by atoms with Gasteiger partial charge >= 0.3 is 5.97 Å². The maximum Gasteiger partial charge on any atom is 0.334 e. The van der Waals surface area contributed by atoms with Crippen LogP contribution in [0.4, 0.5) is 0 Å². The maximum absolute atomic E-state index is 12.8. The smallest absolute Gasteiger partial charge is 0.334 e. The molecule has 1 aliphatic heterocycles. The molecule has 1 aromatic rings. The van der Waals surface area contributed by atoms with Crippen LogP contribution in [0.5, 0.6) is 5.75 Å². The van der Waals surface area contributed by atoms with E-state index in [9.17, 15) is 14.7 Å². The van der Waals surface area contributed by atoms with Crippen LogP contribution in [0, 0.1) is 11.8 Å². The van der Waals surface area contributed by atoms with Crippen molar-refractivity contribution in [1.82, 2.24) is 4.90 Å². The Bertz CT molecular complexity index is 666. The third-order valence-corrected chi connectivity index (χ3v) is 5.44. The second kappa shape index (κ2) is 8.39. The lowest BCUT2D eigenvalue weighted by Gasteiger charge is -2.22. The predicted molar refractivity (Wildman–Crippen MR) is 99.4 cm³/mol. The van der Waals surface area contributed by atoms with Gasteiger partial charge in [-0.25, -0.2) is 4.79 Å². The molecule has 26 heavy (non-hydrogen) atoms. The number of benzene rings is 1. The first-order valence-electron chi connectivity index (χ1n) is 9.51. The van der Waals surface area contributed by atoms with E-state index >= 15 is 0 Å². The molecule has 140 valence electrons. The van der Waals surface area contributed by atoms with Gasteiger partial charge in [0.25, 0.3) is 0 Å². The molecule has 2 aliphatic rings. The third kappa shape index (κ3) is 4.45. The molecule has 0 spiro atoms. The highest BCUT2D eigenvalue weighted by atomic mass is 16.5. The van der Waals surface area contributed by atoms with Crippen LogP contribution in [0.15, 0.2) is 29.8 Å². The molecule has 1 saturated carbocycles. The van der Waals surface area contributed by atoms with Gasteiger partial charge in [-0.2, -0.15) is 0 Å². The van der Waals surface area contributed by atoms with E-state index in [1.165, 1.54) is 25.7 Å². The number of nitrogens with zero attached hydrogens (tertiary/aromatic N) is 1. The minimum absolute atomic E-state index is 0.00233. The molecule has 0 unspecified atom stereocenters. The average Bonchev–Trinajstić information content (AvgIpc) is 3.07. The van der Waals surface area contributed by atoms with Crippen molar-refractivity contribution in [2.75, 3.05) is 19.7 Å². The summed E-state index contributed by atoms with van der Waals surface area (Å²) in [5, 5.41) is 9.40. The zero-order valence-electron chi connectivity index (χ0n) is 15.3.